The zero-order chi connectivity index (χ0) is 12.7. The van der Waals surface area contributed by atoms with Crippen molar-refractivity contribution in [3.8, 4) is 0 Å². The summed E-state index contributed by atoms with van der Waals surface area (Å²) in [5.41, 5.74) is 7.19. The van der Waals surface area contributed by atoms with Crippen molar-refractivity contribution in [1.82, 2.24) is 15.3 Å². The highest BCUT2D eigenvalue weighted by Crippen LogP contribution is 2.04. The molecule has 0 aliphatic heterocycles. The number of amides is 1. The third-order valence-corrected chi connectivity index (χ3v) is 2.57. The molecule has 0 bridgehead atoms. The number of aromatic nitrogens is 2. The van der Waals surface area contributed by atoms with Crippen LogP contribution in [0.2, 0.25) is 0 Å². The second-order valence-electron chi connectivity index (χ2n) is 4.09. The topological polar surface area (TPSA) is 80.9 Å². The predicted octanol–water partition coefficient (Wildman–Crippen LogP) is 0.776. The molecule has 3 N–H and O–H groups in total. The number of carbonyl (C=O) groups is 1. The molecular formula is C12H20N4O. The van der Waals surface area contributed by atoms with E-state index < -0.39 is 0 Å². The van der Waals surface area contributed by atoms with E-state index in [4.69, 9.17) is 5.73 Å². The number of nitrogens with two attached hydrogens (primary N) is 1. The smallest absolute Gasteiger partial charge is 0.224 e. The van der Waals surface area contributed by atoms with Crippen LogP contribution in [0.4, 0.5) is 0 Å². The maximum atomic E-state index is 11.8. The molecule has 1 aromatic rings. The number of nitrogens with zero attached hydrogens (tertiary/aromatic N) is 2. The largest absolute Gasteiger partial charge is 0.350 e. The Morgan fingerprint density at radius 1 is 1.47 bits per heavy atom. The third kappa shape index (κ3) is 4.48. The normalized spacial score (nSPS) is 12.2. The number of hydrogen-bond donors (Lipinski definition) is 2. The summed E-state index contributed by atoms with van der Waals surface area (Å²) in [6.45, 7) is 4.72. The highest BCUT2D eigenvalue weighted by Gasteiger charge is 2.15. The first-order valence-corrected chi connectivity index (χ1v) is 5.92. The molecule has 17 heavy (non-hydrogen) atoms. The molecule has 0 aromatic carbocycles. The van der Waals surface area contributed by atoms with Gasteiger partial charge in [-0.15, -0.1) is 0 Å². The van der Waals surface area contributed by atoms with E-state index in [9.17, 15) is 4.79 Å². The van der Waals surface area contributed by atoms with Crippen LogP contribution in [-0.2, 0) is 11.3 Å². The molecule has 0 aliphatic rings. The summed E-state index contributed by atoms with van der Waals surface area (Å²) in [7, 11) is 0. The fourth-order valence-electron chi connectivity index (χ4n) is 1.54. The summed E-state index contributed by atoms with van der Waals surface area (Å²) in [6, 6.07) is 0. The van der Waals surface area contributed by atoms with E-state index in [2.05, 4.69) is 15.3 Å². The highest BCUT2D eigenvalue weighted by atomic mass is 16.1. The summed E-state index contributed by atoms with van der Waals surface area (Å²) >= 11 is 0. The lowest BCUT2D eigenvalue weighted by atomic mass is 10.0. The second-order valence-corrected chi connectivity index (χ2v) is 4.09. The number of hydrogen-bond acceptors (Lipinski definition) is 4. The molecule has 1 rings (SSSR count). The molecule has 0 saturated carbocycles. The summed E-state index contributed by atoms with van der Waals surface area (Å²) in [6.07, 6.45) is 5.14. The van der Waals surface area contributed by atoms with Crippen molar-refractivity contribution in [2.24, 2.45) is 11.7 Å². The van der Waals surface area contributed by atoms with Crippen molar-refractivity contribution in [3.05, 3.63) is 23.8 Å². The zero-order valence-electron chi connectivity index (χ0n) is 10.4. The fraction of sp³-hybridized carbons (Fsp3) is 0.583. The van der Waals surface area contributed by atoms with E-state index in [1.807, 2.05) is 13.8 Å². The van der Waals surface area contributed by atoms with E-state index in [0.29, 0.717) is 13.1 Å². The summed E-state index contributed by atoms with van der Waals surface area (Å²) in [4.78, 5) is 20.1. The van der Waals surface area contributed by atoms with Crippen LogP contribution in [0.1, 0.15) is 31.2 Å². The van der Waals surface area contributed by atoms with Gasteiger partial charge in [-0.1, -0.05) is 13.3 Å². The van der Waals surface area contributed by atoms with E-state index in [0.717, 1.165) is 24.2 Å². The van der Waals surface area contributed by atoms with Gasteiger partial charge in [-0.2, -0.15) is 0 Å². The van der Waals surface area contributed by atoms with Gasteiger partial charge in [0.2, 0.25) is 5.91 Å². The van der Waals surface area contributed by atoms with Crippen LogP contribution in [0, 0.1) is 12.8 Å². The summed E-state index contributed by atoms with van der Waals surface area (Å²) in [5.74, 6) is -0.102. The van der Waals surface area contributed by atoms with Crippen molar-refractivity contribution in [2.75, 3.05) is 6.54 Å². The SMILES string of the molecule is CCCC(CN)C(=O)NCc1cnc(C)cn1. The minimum Gasteiger partial charge on any atom is -0.350 e. The Bertz CT molecular complexity index is 350. The molecule has 1 heterocycles. The zero-order valence-corrected chi connectivity index (χ0v) is 10.4. The van der Waals surface area contributed by atoms with Gasteiger partial charge >= 0.3 is 0 Å². The number of aryl methyl sites for hydroxylation is 1. The van der Waals surface area contributed by atoms with Crippen molar-refractivity contribution in [2.45, 2.75) is 33.2 Å². The van der Waals surface area contributed by atoms with Gasteiger partial charge in [0.1, 0.15) is 0 Å². The summed E-state index contributed by atoms with van der Waals surface area (Å²) < 4.78 is 0. The van der Waals surface area contributed by atoms with Gasteiger partial charge in [0, 0.05) is 12.7 Å². The Hall–Kier alpha value is -1.49. The van der Waals surface area contributed by atoms with Gasteiger partial charge in [-0.3, -0.25) is 14.8 Å². The number of nitrogens with one attached hydrogen (secondary N) is 1. The lowest BCUT2D eigenvalue weighted by Crippen LogP contribution is -2.34. The molecule has 94 valence electrons. The van der Waals surface area contributed by atoms with Crippen molar-refractivity contribution in [1.29, 1.82) is 0 Å². The molecule has 1 amide bonds. The van der Waals surface area contributed by atoms with Gasteiger partial charge in [0.05, 0.1) is 30.0 Å². The first kappa shape index (κ1) is 13.6. The first-order valence-electron chi connectivity index (χ1n) is 5.92. The molecule has 0 saturated heterocycles. The van der Waals surface area contributed by atoms with Crippen LogP contribution in [0.25, 0.3) is 0 Å². The molecule has 5 heteroatoms. The van der Waals surface area contributed by atoms with Crippen LogP contribution in [0.15, 0.2) is 12.4 Å². The lowest BCUT2D eigenvalue weighted by molar-refractivity contribution is -0.125. The van der Waals surface area contributed by atoms with E-state index >= 15 is 0 Å². The van der Waals surface area contributed by atoms with Gasteiger partial charge in [-0.25, -0.2) is 0 Å². The molecule has 0 radical (unpaired) electrons. The molecule has 0 fully saturated rings. The highest BCUT2D eigenvalue weighted by molar-refractivity contribution is 5.78. The summed E-state index contributed by atoms with van der Waals surface area (Å²) in [5, 5.41) is 2.83. The average molecular weight is 236 g/mol. The minimum atomic E-state index is -0.0987. The monoisotopic (exact) mass is 236 g/mol. The van der Waals surface area contributed by atoms with E-state index in [1.54, 1.807) is 12.4 Å². The molecular weight excluding hydrogens is 216 g/mol. The van der Waals surface area contributed by atoms with Gasteiger partial charge in [0.25, 0.3) is 0 Å². The number of rotatable bonds is 6. The quantitative estimate of drug-likeness (QED) is 0.764. The minimum absolute atomic E-state index is 0.00303. The third-order valence-electron chi connectivity index (χ3n) is 2.57. The van der Waals surface area contributed by atoms with Crippen LogP contribution < -0.4 is 11.1 Å². The van der Waals surface area contributed by atoms with Crippen LogP contribution in [0.5, 0.6) is 0 Å². The van der Waals surface area contributed by atoms with Crippen LogP contribution in [0.3, 0.4) is 0 Å². The Kier molecular flexibility index (Phi) is 5.56. The van der Waals surface area contributed by atoms with E-state index in [-0.39, 0.29) is 11.8 Å². The van der Waals surface area contributed by atoms with Crippen molar-refractivity contribution in [3.63, 3.8) is 0 Å². The first-order chi connectivity index (χ1) is 8.17. The Labute approximate surface area is 102 Å². The average Bonchev–Trinajstić information content (AvgIpc) is 2.35. The standard InChI is InChI=1S/C12H20N4O/c1-3-4-10(5-13)12(17)16-8-11-7-14-9(2)6-15-11/h6-7,10H,3-5,8,13H2,1-2H3,(H,16,17). The second kappa shape index (κ2) is 6.96. The van der Waals surface area contributed by atoms with Crippen LogP contribution in [-0.4, -0.2) is 22.4 Å². The van der Waals surface area contributed by atoms with Gasteiger partial charge in [-0.05, 0) is 13.3 Å². The molecule has 0 aliphatic carbocycles. The Balaban J connectivity index is 2.44. The predicted molar refractivity (Wildman–Crippen MR) is 66.1 cm³/mol. The van der Waals surface area contributed by atoms with Crippen molar-refractivity contribution >= 4 is 5.91 Å². The van der Waals surface area contributed by atoms with Gasteiger partial charge < -0.3 is 11.1 Å². The maximum Gasteiger partial charge on any atom is 0.224 e. The molecule has 5 nitrogen and oxygen atoms in total. The van der Waals surface area contributed by atoms with E-state index in [1.165, 1.54) is 0 Å². The lowest BCUT2D eigenvalue weighted by Gasteiger charge is -2.13. The van der Waals surface area contributed by atoms with Gasteiger partial charge in [0.15, 0.2) is 0 Å². The Morgan fingerprint density at radius 3 is 2.76 bits per heavy atom. The molecule has 0 spiro atoms. The van der Waals surface area contributed by atoms with Crippen LogP contribution >= 0.6 is 0 Å². The molecule has 1 unspecified atom stereocenters. The van der Waals surface area contributed by atoms with Crippen molar-refractivity contribution < 1.29 is 4.79 Å². The fourth-order valence-corrected chi connectivity index (χ4v) is 1.54. The molecule has 1 aromatic heterocycles. The Morgan fingerprint density at radius 2 is 2.24 bits per heavy atom. The number of carbonyl (C=O) groups excluding carboxylic acids is 1. The maximum absolute atomic E-state index is 11.8. The molecule has 1 atom stereocenters.